The molecule has 0 spiro atoms. The Labute approximate surface area is 99.4 Å². The maximum Gasteiger partial charge on any atom is 0.189 e. The van der Waals surface area contributed by atoms with E-state index in [2.05, 4.69) is 10.2 Å². The Hall–Kier alpha value is -2.17. The molecule has 0 aromatic carbocycles. The maximum absolute atomic E-state index is 11.9. The van der Waals surface area contributed by atoms with E-state index in [1.807, 2.05) is 20.2 Å². The Morgan fingerprint density at radius 1 is 1.29 bits per heavy atom. The summed E-state index contributed by atoms with van der Waals surface area (Å²) < 4.78 is 3.33. The van der Waals surface area contributed by atoms with E-state index in [1.54, 1.807) is 41.0 Å². The molecule has 5 heteroatoms. The van der Waals surface area contributed by atoms with Crippen molar-refractivity contribution in [3.05, 3.63) is 41.5 Å². The zero-order valence-electron chi connectivity index (χ0n) is 10.1. The molecule has 0 amide bonds. The van der Waals surface area contributed by atoms with Gasteiger partial charge in [0.2, 0.25) is 0 Å². The highest BCUT2D eigenvalue weighted by molar-refractivity contribution is 6.07. The number of hydrogen-bond acceptors (Lipinski definition) is 3. The molecule has 0 saturated carbocycles. The lowest BCUT2D eigenvalue weighted by atomic mass is 10.1. The number of allylic oxidation sites excluding steroid dienone is 1. The second-order valence-corrected chi connectivity index (χ2v) is 3.95. The average molecular weight is 230 g/mol. The summed E-state index contributed by atoms with van der Waals surface area (Å²) in [4.78, 5) is 11.9. The van der Waals surface area contributed by atoms with Gasteiger partial charge < -0.3 is 0 Å². The molecule has 0 aliphatic rings. The predicted molar refractivity (Wildman–Crippen MR) is 64.5 cm³/mol. The first-order chi connectivity index (χ1) is 8.06. The van der Waals surface area contributed by atoms with E-state index >= 15 is 0 Å². The van der Waals surface area contributed by atoms with Gasteiger partial charge in [-0.3, -0.25) is 14.2 Å². The summed E-state index contributed by atoms with van der Waals surface area (Å²) in [5.41, 5.74) is 2.28. The lowest BCUT2D eigenvalue weighted by molar-refractivity contribution is 0.104. The average Bonchev–Trinajstić information content (AvgIpc) is 2.81. The highest BCUT2D eigenvalue weighted by Crippen LogP contribution is 2.08. The van der Waals surface area contributed by atoms with Crippen molar-refractivity contribution in [3.63, 3.8) is 0 Å². The highest BCUT2D eigenvalue weighted by Gasteiger charge is 2.09. The van der Waals surface area contributed by atoms with E-state index in [0.29, 0.717) is 5.56 Å². The second kappa shape index (κ2) is 4.37. The van der Waals surface area contributed by atoms with E-state index in [4.69, 9.17) is 0 Å². The summed E-state index contributed by atoms with van der Waals surface area (Å²) in [7, 11) is 3.64. The molecule has 0 bridgehead atoms. The number of aryl methyl sites for hydroxylation is 3. The van der Waals surface area contributed by atoms with Crippen molar-refractivity contribution in [2.24, 2.45) is 14.1 Å². The van der Waals surface area contributed by atoms with Crippen LogP contribution in [-0.2, 0) is 14.1 Å². The normalized spacial score (nSPS) is 11.2. The highest BCUT2D eigenvalue weighted by atomic mass is 16.1. The Kier molecular flexibility index (Phi) is 2.91. The van der Waals surface area contributed by atoms with Gasteiger partial charge in [0, 0.05) is 32.1 Å². The van der Waals surface area contributed by atoms with Crippen molar-refractivity contribution >= 4 is 11.9 Å². The summed E-state index contributed by atoms with van der Waals surface area (Å²) in [5, 5.41) is 8.16. The first-order valence-electron chi connectivity index (χ1n) is 5.27. The van der Waals surface area contributed by atoms with Gasteiger partial charge in [0.25, 0.3) is 0 Å². The Morgan fingerprint density at radius 3 is 2.59 bits per heavy atom. The van der Waals surface area contributed by atoms with Crippen LogP contribution in [-0.4, -0.2) is 25.3 Å². The number of carbonyl (C=O) groups excluding carboxylic acids is 1. The third kappa shape index (κ3) is 2.50. The molecule has 0 atom stereocenters. The van der Waals surface area contributed by atoms with Crippen LogP contribution in [0.5, 0.6) is 0 Å². The fraction of sp³-hybridized carbons (Fsp3) is 0.250. The maximum atomic E-state index is 11.9. The summed E-state index contributed by atoms with van der Waals surface area (Å²) in [6.07, 6.45) is 8.58. The van der Waals surface area contributed by atoms with Gasteiger partial charge in [-0.25, -0.2) is 0 Å². The lowest BCUT2D eigenvalue weighted by Crippen LogP contribution is -1.94. The summed E-state index contributed by atoms with van der Waals surface area (Å²) in [6.45, 7) is 1.82. The van der Waals surface area contributed by atoms with Crippen LogP contribution < -0.4 is 0 Å². The zero-order chi connectivity index (χ0) is 12.4. The topological polar surface area (TPSA) is 52.7 Å². The largest absolute Gasteiger partial charge is 0.289 e. The molecule has 0 saturated heterocycles. The molecule has 0 aliphatic carbocycles. The quantitative estimate of drug-likeness (QED) is 0.591. The van der Waals surface area contributed by atoms with Gasteiger partial charge in [0.05, 0.1) is 17.5 Å². The van der Waals surface area contributed by atoms with Gasteiger partial charge in [-0.2, -0.15) is 10.2 Å². The molecule has 0 unspecified atom stereocenters. The third-order valence-corrected chi connectivity index (χ3v) is 2.43. The second-order valence-electron chi connectivity index (χ2n) is 3.95. The zero-order valence-corrected chi connectivity index (χ0v) is 10.1. The van der Waals surface area contributed by atoms with Gasteiger partial charge in [0.1, 0.15) is 0 Å². The Morgan fingerprint density at radius 2 is 2.06 bits per heavy atom. The van der Waals surface area contributed by atoms with Crippen molar-refractivity contribution in [1.29, 1.82) is 0 Å². The van der Waals surface area contributed by atoms with Gasteiger partial charge in [-0.15, -0.1) is 0 Å². The molecule has 0 fully saturated rings. The lowest BCUT2D eigenvalue weighted by Gasteiger charge is -1.90. The number of ketones is 1. The van der Waals surface area contributed by atoms with Crippen LogP contribution in [0.25, 0.3) is 6.08 Å². The predicted octanol–water partition coefficient (Wildman–Crippen LogP) is 1.36. The van der Waals surface area contributed by atoms with E-state index < -0.39 is 0 Å². The Balaban J connectivity index is 2.17. The van der Waals surface area contributed by atoms with Crippen LogP contribution in [0.2, 0.25) is 0 Å². The fourth-order valence-corrected chi connectivity index (χ4v) is 1.63. The smallest absolute Gasteiger partial charge is 0.189 e. The van der Waals surface area contributed by atoms with Gasteiger partial charge in [-0.1, -0.05) is 0 Å². The fourth-order valence-electron chi connectivity index (χ4n) is 1.63. The molecule has 0 aliphatic heterocycles. The van der Waals surface area contributed by atoms with Crippen LogP contribution in [0, 0.1) is 6.92 Å². The first-order valence-corrected chi connectivity index (χ1v) is 5.27. The van der Waals surface area contributed by atoms with Crippen LogP contribution in [0.15, 0.2) is 24.7 Å². The van der Waals surface area contributed by atoms with Crippen LogP contribution in [0.4, 0.5) is 0 Å². The minimum Gasteiger partial charge on any atom is -0.289 e. The molecule has 0 N–H and O–H groups in total. The van der Waals surface area contributed by atoms with Gasteiger partial charge >= 0.3 is 0 Å². The minimum absolute atomic E-state index is 0.0422. The molecular weight excluding hydrogens is 216 g/mol. The van der Waals surface area contributed by atoms with Crippen molar-refractivity contribution in [2.45, 2.75) is 6.92 Å². The van der Waals surface area contributed by atoms with Crippen molar-refractivity contribution in [1.82, 2.24) is 19.6 Å². The van der Waals surface area contributed by atoms with Crippen LogP contribution >= 0.6 is 0 Å². The van der Waals surface area contributed by atoms with Crippen molar-refractivity contribution in [3.8, 4) is 0 Å². The number of aromatic nitrogens is 4. The summed E-state index contributed by atoms with van der Waals surface area (Å²) in [6, 6.07) is 0. The number of rotatable bonds is 3. The molecule has 2 rings (SSSR count). The van der Waals surface area contributed by atoms with E-state index in [1.165, 1.54) is 0 Å². The number of hydrogen-bond donors (Lipinski definition) is 0. The third-order valence-electron chi connectivity index (χ3n) is 2.43. The molecule has 88 valence electrons. The standard InChI is InChI=1S/C12H14N4O/c1-9-11(8-16(3)14-9)12(17)5-4-10-6-13-15(2)7-10/h4-8H,1-3H3/b5-4+. The van der Waals surface area contributed by atoms with E-state index in [9.17, 15) is 4.79 Å². The number of carbonyl (C=O) groups is 1. The van der Waals surface area contributed by atoms with Crippen LogP contribution in [0.1, 0.15) is 21.6 Å². The monoisotopic (exact) mass is 230 g/mol. The molecule has 17 heavy (non-hydrogen) atoms. The molecule has 2 aromatic heterocycles. The SMILES string of the molecule is Cc1nn(C)cc1C(=O)/C=C/c1cnn(C)c1. The molecule has 2 heterocycles. The van der Waals surface area contributed by atoms with Gasteiger partial charge in [0.15, 0.2) is 5.78 Å². The molecule has 0 radical (unpaired) electrons. The van der Waals surface area contributed by atoms with Gasteiger partial charge in [-0.05, 0) is 19.1 Å². The molecular formula is C12H14N4O. The minimum atomic E-state index is -0.0422. The van der Waals surface area contributed by atoms with E-state index in [0.717, 1.165) is 11.3 Å². The van der Waals surface area contributed by atoms with Crippen molar-refractivity contribution < 1.29 is 4.79 Å². The van der Waals surface area contributed by atoms with Crippen LogP contribution in [0.3, 0.4) is 0 Å². The Bertz CT molecular complexity index is 577. The van der Waals surface area contributed by atoms with Crippen molar-refractivity contribution in [2.75, 3.05) is 0 Å². The van der Waals surface area contributed by atoms with E-state index in [-0.39, 0.29) is 5.78 Å². The summed E-state index contributed by atoms with van der Waals surface area (Å²) in [5.74, 6) is -0.0422. The molecule has 2 aromatic rings. The summed E-state index contributed by atoms with van der Waals surface area (Å²) >= 11 is 0. The number of nitrogens with zero attached hydrogens (tertiary/aromatic N) is 4. The molecule has 5 nitrogen and oxygen atoms in total. The first kappa shape index (κ1) is 11.3.